The Morgan fingerprint density at radius 3 is 1.66 bits per heavy atom. The van der Waals surface area contributed by atoms with Crippen LogP contribution in [-0.4, -0.2) is 29.1 Å². The molecule has 0 aliphatic rings. The van der Waals surface area contributed by atoms with Gasteiger partial charge in [-0.3, -0.25) is 0 Å². The number of hydrogen-bond acceptors (Lipinski definition) is 4. The zero-order valence-corrected chi connectivity index (χ0v) is 30.2. The Kier molecular flexibility index (Phi) is 7.38. The first-order valence-electron chi connectivity index (χ1n) is 18.7. The summed E-state index contributed by atoms with van der Waals surface area (Å²) in [5.41, 5.74) is 11.8. The van der Waals surface area contributed by atoms with Crippen LogP contribution in [0.1, 0.15) is 0 Å². The summed E-state index contributed by atoms with van der Waals surface area (Å²) in [7, 11) is 0. The Bertz CT molecular complexity index is 3160. The van der Waals surface area contributed by atoms with E-state index in [4.69, 9.17) is 19.9 Å². The molecule has 0 fully saturated rings. The molecule has 11 rings (SSSR count). The summed E-state index contributed by atoms with van der Waals surface area (Å²) in [4.78, 5) is 20.5. The first kappa shape index (κ1) is 31.8. The molecule has 0 saturated heterocycles. The SMILES string of the molecule is c1ccc(-c2cc(-c3ccccc3)nc(-c3nc(-c4ccc(-n5c6ccccc6c6c7ccn(-c8ccccc8)c7ccc65)cc4)nc4ccccc34)n2)cc1. The molecular formula is C50H32N6. The fourth-order valence-corrected chi connectivity index (χ4v) is 7.98. The maximum atomic E-state index is 5.22. The van der Waals surface area contributed by atoms with Gasteiger partial charge in [-0.25, -0.2) is 19.9 Å². The molecule has 7 aromatic carbocycles. The molecule has 0 amide bonds. The van der Waals surface area contributed by atoms with Crippen molar-refractivity contribution in [1.82, 2.24) is 29.1 Å². The van der Waals surface area contributed by atoms with Crippen LogP contribution in [0.5, 0.6) is 0 Å². The number of para-hydroxylation sites is 3. The number of aromatic nitrogens is 6. The fourth-order valence-electron chi connectivity index (χ4n) is 7.98. The van der Waals surface area contributed by atoms with Gasteiger partial charge in [0.2, 0.25) is 0 Å². The molecule has 0 aliphatic carbocycles. The molecule has 0 bridgehead atoms. The van der Waals surface area contributed by atoms with Crippen molar-refractivity contribution in [3.8, 4) is 56.8 Å². The van der Waals surface area contributed by atoms with Gasteiger partial charge in [-0.1, -0.05) is 115 Å². The van der Waals surface area contributed by atoms with E-state index >= 15 is 0 Å². The molecule has 0 unspecified atom stereocenters. The van der Waals surface area contributed by atoms with Crippen LogP contribution >= 0.6 is 0 Å². The number of hydrogen-bond donors (Lipinski definition) is 0. The van der Waals surface area contributed by atoms with Gasteiger partial charge in [-0.05, 0) is 72.8 Å². The Balaban J connectivity index is 1.05. The largest absolute Gasteiger partial charge is 0.317 e. The third kappa shape index (κ3) is 5.27. The van der Waals surface area contributed by atoms with E-state index in [1.54, 1.807) is 0 Å². The lowest BCUT2D eigenvalue weighted by molar-refractivity contribution is 1.13. The van der Waals surface area contributed by atoms with E-state index in [1.165, 1.54) is 21.7 Å². The van der Waals surface area contributed by atoms with Crippen molar-refractivity contribution in [1.29, 1.82) is 0 Å². The van der Waals surface area contributed by atoms with Crippen molar-refractivity contribution in [2.75, 3.05) is 0 Å². The molecule has 0 atom stereocenters. The minimum atomic E-state index is 0.555. The maximum Gasteiger partial charge on any atom is 0.180 e. The smallest absolute Gasteiger partial charge is 0.180 e. The number of fused-ring (bicyclic) bond motifs is 6. The highest BCUT2D eigenvalue weighted by Crippen LogP contribution is 2.38. The van der Waals surface area contributed by atoms with Crippen molar-refractivity contribution in [2.24, 2.45) is 0 Å². The van der Waals surface area contributed by atoms with Gasteiger partial charge >= 0.3 is 0 Å². The third-order valence-corrected chi connectivity index (χ3v) is 10.6. The second-order valence-corrected chi connectivity index (χ2v) is 13.9. The first-order valence-corrected chi connectivity index (χ1v) is 18.7. The second-order valence-electron chi connectivity index (χ2n) is 13.9. The Labute approximate surface area is 322 Å². The molecule has 4 aromatic heterocycles. The molecule has 11 aromatic rings. The van der Waals surface area contributed by atoms with Crippen molar-refractivity contribution in [2.45, 2.75) is 0 Å². The van der Waals surface area contributed by atoms with Crippen LogP contribution in [0, 0.1) is 0 Å². The van der Waals surface area contributed by atoms with Crippen LogP contribution < -0.4 is 0 Å². The topological polar surface area (TPSA) is 61.4 Å². The summed E-state index contributed by atoms with van der Waals surface area (Å²) in [5, 5.41) is 4.59. The fraction of sp³-hybridized carbons (Fsp3) is 0. The van der Waals surface area contributed by atoms with Crippen LogP contribution in [0.3, 0.4) is 0 Å². The summed E-state index contributed by atoms with van der Waals surface area (Å²) >= 11 is 0. The number of rotatable bonds is 6. The van der Waals surface area contributed by atoms with E-state index in [-0.39, 0.29) is 0 Å². The van der Waals surface area contributed by atoms with Gasteiger partial charge in [0.15, 0.2) is 11.6 Å². The van der Waals surface area contributed by atoms with Gasteiger partial charge in [0.05, 0.1) is 33.5 Å². The molecule has 0 spiro atoms. The monoisotopic (exact) mass is 716 g/mol. The van der Waals surface area contributed by atoms with Gasteiger partial charge in [0, 0.05) is 55.8 Å². The summed E-state index contributed by atoms with van der Waals surface area (Å²) in [6, 6.07) is 65.1. The Morgan fingerprint density at radius 1 is 0.357 bits per heavy atom. The average Bonchev–Trinajstić information content (AvgIpc) is 3.86. The van der Waals surface area contributed by atoms with Gasteiger partial charge in [0.1, 0.15) is 5.69 Å². The molecule has 0 saturated carbocycles. The molecule has 0 radical (unpaired) electrons. The van der Waals surface area contributed by atoms with E-state index in [0.29, 0.717) is 17.3 Å². The van der Waals surface area contributed by atoms with E-state index < -0.39 is 0 Å². The number of nitrogens with zero attached hydrogens (tertiary/aromatic N) is 6. The highest BCUT2D eigenvalue weighted by molar-refractivity contribution is 6.21. The molecule has 6 nitrogen and oxygen atoms in total. The third-order valence-electron chi connectivity index (χ3n) is 10.6. The van der Waals surface area contributed by atoms with Crippen LogP contribution in [0.2, 0.25) is 0 Å². The number of benzene rings is 7. The van der Waals surface area contributed by atoms with Crippen molar-refractivity contribution < 1.29 is 0 Å². The predicted octanol–water partition coefficient (Wildman–Crippen LogP) is 12.1. The zero-order valence-electron chi connectivity index (χ0n) is 30.2. The zero-order chi connectivity index (χ0) is 37.0. The molecule has 56 heavy (non-hydrogen) atoms. The minimum absolute atomic E-state index is 0.555. The molecule has 0 N–H and O–H groups in total. The van der Waals surface area contributed by atoms with E-state index in [0.717, 1.165) is 61.4 Å². The van der Waals surface area contributed by atoms with Crippen LogP contribution in [0.4, 0.5) is 0 Å². The minimum Gasteiger partial charge on any atom is -0.317 e. The highest BCUT2D eigenvalue weighted by Gasteiger charge is 2.19. The molecule has 6 heteroatoms. The van der Waals surface area contributed by atoms with Crippen molar-refractivity contribution in [3.63, 3.8) is 0 Å². The predicted molar refractivity (Wildman–Crippen MR) is 228 cm³/mol. The van der Waals surface area contributed by atoms with Gasteiger partial charge < -0.3 is 9.13 Å². The standard InChI is InChI=1S/C50H32N6/c1-4-14-33(15-5-1)42-32-43(34-16-6-2-7-17-34)53-50(52-42)48-38-20-10-12-22-41(38)51-49(54-48)35-24-26-37(27-25-35)56-45-23-13-11-21-39(45)47-40-30-31-55(36-18-8-3-9-19-36)44(40)28-29-46(47)56/h1-32H. The van der Waals surface area contributed by atoms with Crippen molar-refractivity contribution in [3.05, 3.63) is 194 Å². The molecule has 262 valence electrons. The van der Waals surface area contributed by atoms with Gasteiger partial charge in [-0.15, -0.1) is 0 Å². The molecule has 4 heterocycles. The van der Waals surface area contributed by atoms with Crippen molar-refractivity contribution >= 4 is 43.6 Å². The highest BCUT2D eigenvalue weighted by atomic mass is 15.0. The van der Waals surface area contributed by atoms with Gasteiger partial charge in [0.25, 0.3) is 0 Å². The molecule has 0 aliphatic heterocycles. The Hall–Kier alpha value is -7.70. The summed E-state index contributed by atoms with van der Waals surface area (Å²) in [5.74, 6) is 1.17. The molecular weight excluding hydrogens is 685 g/mol. The van der Waals surface area contributed by atoms with Crippen LogP contribution in [0.15, 0.2) is 194 Å². The second kappa shape index (κ2) is 13.0. The van der Waals surface area contributed by atoms with Crippen LogP contribution in [0.25, 0.3) is 100 Å². The normalized spacial score (nSPS) is 11.6. The summed E-state index contributed by atoms with van der Waals surface area (Å²) in [6.07, 6.45) is 2.17. The lowest BCUT2D eigenvalue weighted by Gasteiger charge is -2.12. The van der Waals surface area contributed by atoms with E-state index in [2.05, 4.69) is 143 Å². The lowest BCUT2D eigenvalue weighted by atomic mass is 10.1. The van der Waals surface area contributed by atoms with E-state index in [1.807, 2.05) is 60.7 Å². The van der Waals surface area contributed by atoms with E-state index in [9.17, 15) is 0 Å². The Morgan fingerprint density at radius 2 is 0.946 bits per heavy atom. The summed E-state index contributed by atoms with van der Waals surface area (Å²) in [6.45, 7) is 0. The first-order chi connectivity index (χ1) is 27.8. The van der Waals surface area contributed by atoms with Gasteiger partial charge in [-0.2, -0.15) is 0 Å². The lowest BCUT2D eigenvalue weighted by Crippen LogP contribution is -2.01. The van der Waals surface area contributed by atoms with Crippen LogP contribution in [-0.2, 0) is 0 Å². The average molecular weight is 717 g/mol. The summed E-state index contributed by atoms with van der Waals surface area (Å²) < 4.78 is 4.62. The quantitative estimate of drug-likeness (QED) is 0.172. The maximum absolute atomic E-state index is 5.22.